The van der Waals surface area contributed by atoms with Crippen LogP contribution in [-0.4, -0.2) is 12.1 Å². The molecule has 0 aliphatic carbocycles. The van der Waals surface area contributed by atoms with Crippen LogP contribution in [0.15, 0.2) is 35.1 Å². The number of H-pyrrole nitrogens is 1. The first-order chi connectivity index (χ1) is 9.10. The maximum atomic E-state index is 12.1. The lowest BCUT2D eigenvalue weighted by molar-refractivity contribution is 0.415. The number of pyridine rings is 1. The molecule has 4 heteroatoms. The lowest BCUT2D eigenvalue weighted by atomic mass is 10.0. The number of hydrogen-bond acceptors (Lipinski definition) is 2. The molecule has 0 aliphatic rings. The maximum Gasteiger partial charge on any atom is 0.256 e. The van der Waals surface area contributed by atoms with Crippen molar-refractivity contribution in [3.05, 3.63) is 51.8 Å². The lowest BCUT2D eigenvalue weighted by Gasteiger charge is -2.09. The Balaban J connectivity index is 0.00000147. The van der Waals surface area contributed by atoms with E-state index >= 15 is 0 Å². The number of aromatic nitrogens is 1. The molecule has 1 heterocycles. The van der Waals surface area contributed by atoms with Crippen molar-refractivity contribution in [2.45, 2.75) is 13.8 Å². The molecule has 104 valence electrons. The zero-order valence-electron chi connectivity index (χ0n) is 11.6. The predicted octanol–water partition coefficient (Wildman–Crippen LogP) is 3.73. The van der Waals surface area contributed by atoms with Crippen LogP contribution in [0, 0.1) is 13.8 Å². The molecule has 3 rings (SSSR count). The average molecular weight is 290 g/mol. The lowest BCUT2D eigenvalue weighted by Crippen LogP contribution is -2.07. The van der Waals surface area contributed by atoms with Crippen LogP contribution < -0.4 is 10.3 Å². The Kier molecular flexibility index (Phi) is 3.73. The van der Waals surface area contributed by atoms with Crippen molar-refractivity contribution in [2.75, 3.05) is 7.11 Å². The van der Waals surface area contributed by atoms with E-state index in [-0.39, 0.29) is 18.0 Å². The van der Waals surface area contributed by atoms with E-state index in [0.717, 1.165) is 33.2 Å². The van der Waals surface area contributed by atoms with Gasteiger partial charge in [0.1, 0.15) is 5.75 Å². The van der Waals surface area contributed by atoms with Crippen LogP contribution in [0.4, 0.5) is 0 Å². The van der Waals surface area contributed by atoms with Crippen LogP contribution in [0.2, 0.25) is 0 Å². The fraction of sp³-hybridized carbons (Fsp3) is 0.188. The molecule has 0 fully saturated rings. The van der Waals surface area contributed by atoms with E-state index in [9.17, 15) is 4.79 Å². The number of aryl methyl sites for hydroxylation is 2. The Labute approximate surface area is 123 Å². The van der Waals surface area contributed by atoms with Gasteiger partial charge in [0.25, 0.3) is 5.56 Å². The Hall–Kier alpha value is -2.00. The number of benzene rings is 2. The van der Waals surface area contributed by atoms with Crippen LogP contribution >= 0.6 is 12.4 Å². The number of aromatic amines is 1. The summed E-state index contributed by atoms with van der Waals surface area (Å²) >= 11 is 0. The molecular weight excluding hydrogens is 274 g/mol. The summed E-state index contributed by atoms with van der Waals surface area (Å²) in [4.78, 5) is 15.1. The molecule has 3 aromatic rings. The minimum atomic E-state index is -0.0456. The second kappa shape index (κ2) is 5.17. The molecule has 2 aromatic carbocycles. The predicted molar refractivity (Wildman–Crippen MR) is 85.3 cm³/mol. The summed E-state index contributed by atoms with van der Waals surface area (Å²) in [5.41, 5.74) is 2.98. The average Bonchev–Trinajstić information content (AvgIpc) is 2.39. The van der Waals surface area contributed by atoms with E-state index in [1.165, 1.54) is 0 Å². The van der Waals surface area contributed by atoms with Crippen molar-refractivity contribution in [2.24, 2.45) is 0 Å². The SMILES string of the molecule is COc1cc(C)c2[nH]c(=O)c3ccc(C)cc3c2c1.Cl. The Morgan fingerprint density at radius 1 is 1.00 bits per heavy atom. The number of rotatable bonds is 1. The van der Waals surface area contributed by atoms with Gasteiger partial charge < -0.3 is 9.72 Å². The number of hydrogen-bond donors (Lipinski definition) is 1. The summed E-state index contributed by atoms with van der Waals surface area (Å²) in [6, 6.07) is 9.78. The standard InChI is InChI=1S/C16H15NO2.ClH/c1-9-4-5-12-13(6-9)14-8-11(19-3)7-10(2)15(14)17-16(12)18;/h4-8H,1-3H3,(H,17,18);1H. The normalized spacial score (nSPS) is 10.6. The molecule has 0 amide bonds. The van der Waals surface area contributed by atoms with Gasteiger partial charge in [0.2, 0.25) is 0 Å². The van der Waals surface area contributed by atoms with Crippen molar-refractivity contribution in [3.8, 4) is 5.75 Å². The number of ether oxygens (including phenoxy) is 1. The molecule has 1 aromatic heterocycles. The summed E-state index contributed by atoms with van der Waals surface area (Å²) in [5.74, 6) is 0.805. The van der Waals surface area contributed by atoms with Gasteiger partial charge in [-0.1, -0.05) is 17.7 Å². The molecular formula is C16H16ClNO2. The van der Waals surface area contributed by atoms with Crippen molar-refractivity contribution in [3.63, 3.8) is 0 Å². The third-order valence-electron chi connectivity index (χ3n) is 3.49. The van der Waals surface area contributed by atoms with Gasteiger partial charge in [0, 0.05) is 10.8 Å². The summed E-state index contributed by atoms with van der Waals surface area (Å²) in [6.07, 6.45) is 0. The van der Waals surface area contributed by atoms with E-state index in [1.807, 2.05) is 44.2 Å². The van der Waals surface area contributed by atoms with E-state index in [4.69, 9.17) is 4.74 Å². The van der Waals surface area contributed by atoms with E-state index in [0.29, 0.717) is 5.39 Å². The molecule has 0 radical (unpaired) electrons. The van der Waals surface area contributed by atoms with Crippen LogP contribution in [0.5, 0.6) is 5.75 Å². The number of halogens is 1. The zero-order chi connectivity index (χ0) is 13.6. The highest BCUT2D eigenvalue weighted by molar-refractivity contribution is 6.06. The second-order valence-corrected chi connectivity index (χ2v) is 4.87. The molecule has 0 saturated carbocycles. The summed E-state index contributed by atoms with van der Waals surface area (Å²) in [7, 11) is 1.65. The highest BCUT2D eigenvalue weighted by atomic mass is 35.5. The van der Waals surface area contributed by atoms with Gasteiger partial charge in [-0.05, 0) is 43.0 Å². The second-order valence-electron chi connectivity index (χ2n) is 4.87. The molecule has 0 bridgehead atoms. The summed E-state index contributed by atoms with van der Waals surface area (Å²) in [6.45, 7) is 4.00. The van der Waals surface area contributed by atoms with Gasteiger partial charge in [-0.25, -0.2) is 0 Å². The van der Waals surface area contributed by atoms with E-state index < -0.39 is 0 Å². The van der Waals surface area contributed by atoms with Crippen LogP contribution in [0.1, 0.15) is 11.1 Å². The molecule has 0 spiro atoms. The highest BCUT2D eigenvalue weighted by Gasteiger charge is 2.09. The van der Waals surface area contributed by atoms with E-state index in [1.54, 1.807) is 7.11 Å². The number of methoxy groups -OCH3 is 1. The first-order valence-corrected chi connectivity index (χ1v) is 6.21. The fourth-order valence-corrected chi connectivity index (χ4v) is 2.51. The van der Waals surface area contributed by atoms with Gasteiger partial charge in [-0.3, -0.25) is 4.79 Å². The van der Waals surface area contributed by atoms with E-state index in [2.05, 4.69) is 4.98 Å². The van der Waals surface area contributed by atoms with Crippen LogP contribution in [0.25, 0.3) is 21.7 Å². The van der Waals surface area contributed by atoms with Gasteiger partial charge in [0.05, 0.1) is 12.6 Å². The summed E-state index contributed by atoms with van der Waals surface area (Å²) < 4.78 is 5.32. The highest BCUT2D eigenvalue weighted by Crippen LogP contribution is 2.28. The van der Waals surface area contributed by atoms with Gasteiger partial charge in [0.15, 0.2) is 0 Å². The third-order valence-corrected chi connectivity index (χ3v) is 3.49. The zero-order valence-corrected chi connectivity index (χ0v) is 12.4. The van der Waals surface area contributed by atoms with Crippen molar-refractivity contribution in [1.82, 2.24) is 4.98 Å². The quantitative estimate of drug-likeness (QED) is 0.694. The Bertz CT molecular complexity index is 852. The number of nitrogens with one attached hydrogen (secondary N) is 1. The maximum absolute atomic E-state index is 12.1. The van der Waals surface area contributed by atoms with Crippen molar-refractivity contribution in [1.29, 1.82) is 0 Å². The molecule has 0 aliphatic heterocycles. The monoisotopic (exact) mass is 289 g/mol. The Morgan fingerprint density at radius 2 is 1.75 bits per heavy atom. The molecule has 3 nitrogen and oxygen atoms in total. The molecule has 20 heavy (non-hydrogen) atoms. The minimum absolute atomic E-state index is 0. The van der Waals surface area contributed by atoms with Crippen LogP contribution in [-0.2, 0) is 0 Å². The smallest absolute Gasteiger partial charge is 0.256 e. The van der Waals surface area contributed by atoms with Crippen molar-refractivity contribution < 1.29 is 4.74 Å². The first kappa shape index (κ1) is 14.4. The van der Waals surface area contributed by atoms with Gasteiger partial charge in [-0.2, -0.15) is 0 Å². The largest absolute Gasteiger partial charge is 0.497 e. The molecule has 0 saturated heterocycles. The Morgan fingerprint density at radius 3 is 2.45 bits per heavy atom. The summed E-state index contributed by atoms with van der Waals surface area (Å²) in [5, 5.41) is 2.71. The van der Waals surface area contributed by atoms with Gasteiger partial charge in [-0.15, -0.1) is 12.4 Å². The topological polar surface area (TPSA) is 42.1 Å². The minimum Gasteiger partial charge on any atom is -0.497 e. The molecule has 1 N–H and O–H groups in total. The number of fused-ring (bicyclic) bond motifs is 3. The first-order valence-electron chi connectivity index (χ1n) is 6.21. The fourth-order valence-electron chi connectivity index (χ4n) is 2.51. The third kappa shape index (κ3) is 2.14. The molecule has 0 unspecified atom stereocenters. The molecule has 0 atom stereocenters. The van der Waals surface area contributed by atoms with Crippen molar-refractivity contribution >= 4 is 34.1 Å². The van der Waals surface area contributed by atoms with Crippen LogP contribution in [0.3, 0.4) is 0 Å². The van der Waals surface area contributed by atoms with Gasteiger partial charge >= 0.3 is 0 Å².